The summed E-state index contributed by atoms with van der Waals surface area (Å²) in [5, 5.41) is 0. The van der Waals surface area contributed by atoms with Gasteiger partial charge in [-0.2, -0.15) is 0 Å². The molecule has 1 aromatic carbocycles. The molecule has 2 atom stereocenters. The first kappa shape index (κ1) is 19.5. The van der Waals surface area contributed by atoms with E-state index in [1.807, 2.05) is 47.4 Å². The fourth-order valence-corrected chi connectivity index (χ4v) is 4.58. The van der Waals surface area contributed by atoms with E-state index in [-0.39, 0.29) is 30.0 Å². The van der Waals surface area contributed by atoms with Gasteiger partial charge in [0.2, 0.25) is 0 Å². The number of pyridine rings is 1. The van der Waals surface area contributed by atoms with Crippen LogP contribution in [0.1, 0.15) is 27.6 Å². The Morgan fingerprint density at radius 3 is 2.74 bits per heavy atom. The normalized spacial score (nSPS) is 23.5. The summed E-state index contributed by atoms with van der Waals surface area (Å²) in [4.78, 5) is 34.6. The molecule has 3 aromatic rings. The topological polar surface area (TPSA) is 75.9 Å². The number of benzene rings is 1. The Bertz CT molecular complexity index is 1050. The van der Waals surface area contributed by atoms with Crippen LogP contribution in [0, 0.1) is 0 Å². The van der Waals surface area contributed by atoms with Crippen molar-refractivity contribution < 1.29 is 18.7 Å². The second-order valence-corrected chi connectivity index (χ2v) is 7.95. The maximum absolute atomic E-state index is 13.8. The molecule has 2 saturated heterocycles. The minimum absolute atomic E-state index is 0.0915. The molecular formula is C24H23N3O4. The average Bonchev–Trinajstić information content (AvgIpc) is 3.47. The van der Waals surface area contributed by atoms with E-state index in [4.69, 9.17) is 9.15 Å². The largest absolute Gasteiger partial charge is 0.459 e. The van der Waals surface area contributed by atoms with Crippen LogP contribution in [0.25, 0.3) is 0 Å². The Morgan fingerprint density at radius 1 is 1.13 bits per heavy atom. The predicted octanol–water partition coefficient (Wildman–Crippen LogP) is 2.71. The molecule has 2 fully saturated rings. The third kappa shape index (κ3) is 3.51. The van der Waals surface area contributed by atoms with Gasteiger partial charge in [-0.3, -0.25) is 14.6 Å². The van der Waals surface area contributed by atoms with Crippen LogP contribution in [0.4, 0.5) is 0 Å². The van der Waals surface area contributed by atoms with Crippen LogP contribution in [0.2, 0.25) is 0 Å². The van der Waals surface area contributed by atoms with Gasteiger partial charge < -0.3 is 19.0 Å². The Kier molecular flexibility index (Phi) is 5.03. The van der Waals surface area contributed by atoms with Crippen molar-refractivity contribution in [1.82, 2.24) is 14.8 Å². The number of hydrogen-bond acceptors (Lipinski definition) is 5. The second kappa shape index (κ2) is 8.00. The van der Waals surface area contributed by atoms with Gasteiger partial charge in [0.25, 0.3) is 11.8 Å². The number of carbonyl (C=O) groups excluding carboxylic acids is 2. The summed E-state index contributed by atoms with van der Waals surface area (Å²) in [5.74, 6) is -0.392. The third-order valence-electron chi connectivity index (χ3n) is 6.08. The van der Waals surface area contributed by atoms with Gasteiger partial charge in [-0.25, -0.2) is 0 Å². The summed E-state index contributed by atoms with van der Waals surface area (Å²) in [7, 11) is 0. The maximum Gasteiger partial charge on any atom is 0.289 e. The molecule has 2 amide bonds. The lowest BCUT2D eigenvalue weighted by atomic mass is 9.83. The highest BCUT2D eigenvalue weighted by molar-refractivity contribution is 5.94. The number of hydrogen-bond donors (Lipinski definition) is 0. The van der Waals surface area contributed by atoms with Crippen LogP contribution >= 0.6 is 0 Å². The fourth-order valence-electron chi connectivity index (χ4n) is 4.58. The first-order chi connectivity index (χ1) is 15.2. The number of rotatable bonds is 4. The lowest BCUT2D eigenvalue weighted by Gasteiger charge is -2.42. The van der Waals surface area contributed by atoms with E-state index < -0.39 is 5.60 Å². The highest BCUT2D eigenvalue weighted by atomic mass is 16.5. The van der Waals surface area contributed by atoms with E-state index in [0.717, 1.165) is 11.1 Å². The van der Waals surface area contributed by atoms with Crippen LogP contribution < -0.4 is 0 Å². The van der Waals surface area contributed by atoms with Crippen LogP contribution in [0.3, 0.4) is 0 Å². The zero-order valence-corrected chi connectivity index (χ0v) is 17.0. The predicted molar refractivity (Wildman–Crippen MR) is 112 cm³/mol. The standard InChI is InChI=1S/C24H23N3O4/c28-22(21-9-5-12-30-21)27-16-20(19-8-4-10-25-14-19)24(17-27)23(29)26(11-13-31-24)15-18-6-2-1-3-7-18/h1-10,12,14,20H,11,13,15-17H2/t20-,24-/m1/s1. The smallest absolute Gasteiger partial charge is 0.289 e. The second-order valence-electron chi connectivity index (χ2n) is 7.95. The number of likely N-dealkylation sites (tertiary alicyclic amines) is 1. The summed E-state index contributed by atoms with van der Waals surface area (Å²) in [6.07, 6.45) is 4.92. The van der Waals surface area contributed by atoms with Crippen LogP contribution in [0.15, 0.2) is 77.7 Å². The summed E-state index contributed by atoms with van der Waals surface area (Å²) < 4.78 is 11.5. The highest BCUT2D eigenvalue weighted by Gasteiger charge is 2.58. The van der Waals surface area contributed by atoms with E-state index in [9.17, 15) is 9.59 Å². The van der Waals surface area contributed by atoms with Crippen molar-refractivity contribution >= 4 is 11.8 Å². The molecule has 7 heteroatoms. The molecule has 158 valence electrons. The van der Waals surface area contributed by atoms with Crippen LogP contribution in [-0.2, 0) is 16.1 Å². The molecular weight excluding hydrogens is 394 g/mol. The molecule has 2 aliphatic rings. The zero-order valence-electron chi connectivity index (χ0n) is 17.0. The SMILES string of the molecule is O=C(c1ccco1)N1C[C@H](c2cccnc2)[C@@]2(C1)OCCN(Cc1ccccc1)C2=O. The Hall–Kier alpha value is -3.45. The molecule has 7 nitrogen and oxygen atoms in total. The quantitative estimate of drug-likeness (QED) is 0.653. The van der Waals surface area contributed by atoms with Gasteiger partial charge in [0.05, 0.1) is 19.4 Å². The number of nitrogens with zero attached hydrogens (tertiary/aromatic N) is 3. The monoisotopic (exact) mass is 417 g/mol. The first-order valence-electron chi connectivity index (χ1n) is 10.4. The van der Waals surface area contributed by atoms with Crippen molar-refractivity contribution in [3.8, 4) is 0 Å². The molecule has 0 bridgehead atoms. The van der Waals surface area contributed by atoms with Crippen molar-refractivity contribution in [2.45, 2.75) is 18.1 Å². The molecule has 0 radical (unpaired) electrons. The van der Waals surface area contributed by atoms with Gasteiger partial charge >= 0.3 is 0 Å². The number of aromatic nitrogens is 1. The molecule has 2 aliphatic heterocycles. The highest BCUT2D eigenvalue weighted by Crippen LogP contribution is 2.42. The van der Waals surface area contributed by atoms with Crippen molar-refractivity contribution in [3.63, 3.8) is 0 Å². The number of ether oxygens (including phenoxy) is 1. The number of amides is 2. The minimum atomic E-state index is -1.14. The van der Waals surface area contributed by atoms with Crippen LogP contribution in [-0.4, -0.2) is 58.4 Å². The summed E-state index contributed by atoms with van der Waals surface area (Å²) in [6.45, 7) is 1.97. The van der Waals surface area contributed by atoms with Gasteiger partial charge in [-0.15, -0.1) is 0 Å². The molecule has 0 saturated carbocycles. The molecule has 2 aromatic heterocycles. The molecule has 4 heterocycles. The van der Waals surface area contributed by atoms with Crippen molar-refractivity contribution in [2.75, 3.05) is 26.2 Å². The third-order valence-corrected chi connectivity index (χ3v) is 6.08. The van der Waals surface area contributed by atoms with Gasteiger partial charge in [0, 0.05) is 37.9 Å². The summed E-state index contributed by atoms with van der Waals surface area (Å²) >= 11 is 0. The van der Waals surface area contributed by atoms with E-state index >= 15 is 0 Å². The van der Waals surface area contributed by atoms with Crippen molar-refractivity contribution in [3.05, 3.63) is 90.1 Å². The summed E-state index contributed by atoms with van der Waals surface area (Å²) in [6, 6.07) is 17.0. The molecule has 31 heavy (non-hydrogen) atoms. The van der Waals surface area contributed by atoms with Gasteiger partial charge in [-0.05, 0) is 29.3 Å². The van der Waals surface area contributed by atoms with E-state index in [1.54, 1.807) is 29.4 Å². The molecule has 0 N–H and O–H groups in total. The average molecular weight is 417 g/mol. The zero-order chi connectivity index (χ0) is 21.3. The van der Waals surface area contributed by atoms with Crippen molar-refractivity contribution in [2.24, 2.45) is 0 Å². The maximum atomic E-state index is 13.8. The molecule has 0 aliphatic carbocycles. The van der Waals surface area contributed by atoms with Crippen LogP contribution in [0.5, 0.6) is 0 Å². The fraction of sp³-hybridized carbons (Fsp3) is 0.292. The van der Waals surface area contributed by atoms with Gasteiger partial charge in [-0.1, -0.05) is 36.4 Å². The van der Waals surface area contributed by atoms with E-state index in [2.05, 4.69) is 4.98 Å². The van der Waals surface area contributed by atoms with Crippen molar-refractivity contribution in [1.29, 1.82) is 0 Å². The molecule has 1 spiro atoms. The van der Waals surface area contributed by atoms with E-state index in [0.29, 0.717) is 26.2 Å². The minimum Gasteiger partial charge on any atom is -0.459 e. The van der Waals surface area contributed by atoms with Gasteiger partial charge in [0.1, 0.15) is 0 Å². The Morgan fingerprint density at radius 2 is 2.00 bits per heavy atom. The van der Waals surface area contributed by atoms with E-state index in [1.165, 1.54) is 6.26 Å². The first-order valence-corrected chi connectivity index (χ1v) is 10.4. The Balaban J connectivity index is 1.48. The Labute approximate surface area is 180 Å². The lowest BCUT2D eigenvalue weighted by molar-refractivity contribution is -0.172. The molecule has 5 rings (SSSR count). The molecule has 0 unspecified atom stereocenters. The number of furan rings is 1. The van der Waals surface area contributed by atoms with Gasteiger partial charge in [0.15, 0.2) is 11.4 Å². The lowest BCUT2D eigenvalue weighted by Crippen LogP contribution is -2.60. The number of morpholine rings is 1. The summed E-state index contributed by atoms with van der Waals surface area (Å²) in [5.41, 5.74) is 0.803. The number of carbonyl (C=O) groups is 2.